The molecule has 0 radical (unpaired) electrons. The highest BCUT2D eigenvalue weighted by molar-refractivity contribution is 5.51. The minimum Gasteiger partial charge on any atom is -0.379 e. The average molecular weight is 255 g/mol. The summed E-state index contributed by atoms with van der Waals surface area (Å²) in [5.74, 6) is 0. The molecule has 1 heterocycles. The van der Waals surface area contributed by atoms with Gasteiger partial charge in [0.1, 0.15) is 0 Å². The largest absolute Gasteiger partial charge is 0.379 e. The van der Waals surface area contributed by atoms with Gasteiger partial charge < -0.3 is 10.1 Å². The second-order valence-corrected chi connectivity index (χ2v) is 3.37. The Balaban J connectivity index is 0.000000225. The highest BCUT2D eigenvalue weighted by atomic mass is 16.6. The third kappa shape index (κ3) is 4.44. The smallest absolute Gasteiger partial charge is 0.346 e. The fourth-order valence-electron chi connectivity index (χ4n) is 1.29. The lowest BCUT2D eigenvalue weighted by Crippen LogP contribution is -2.30. The van der Waals surface area contributed by atoms with Crippen LogP contribution in [0.1, 0.15) is 0 Å². The molecular formula is C10H13N3O5. The Bertz CT molecular complexity index is 375. The van der Waals surface area contributed by atoms with Crippen LogP contribution < -0.4 is 5.32 Å². The molecule has 0 spiro atoms. The fourth-order valence-corrected chi connectivity index (χ4v) is 1.29. The van der Waals surface area contributed by atoms with Gasteiger partial charge in [0, 0.05) is 25.2 Å². The molecule has 0 amide bonds. The van der Waals surface area contributed by atoms with Crippen molar-refractivity contribution in [2.75, 3.05) is 26.3 Å². The first kappa shape index (κ1) is 14.0. The van der Waals surface area contributed by atoms with E-state index in [1.54, 1.807) is 0 Å². The second kappa shape index (κ2) is 7.30. The van der Waals surface area contributed by atoms with Gasteiger partial charge in [0.05, 0.1) is 23.1 Å². The molecule has 98 valence electrons. The molecule has 1 aromatic rings. The predicted molar refractivity (Wildman–Crippen MR) is 63.4 cm³/mol. The Morgan fingerprint density at radius 2 is 1.44 bits per heavy atom. The van der Waals surface area contributed by atoms with Crippen LogP contribution in [-0.4, -0.2) is 36.1 Å². The third-order valence-electron chi connectivity index (χ3n) is 2.12. The molecule has 1 N–H and O–H groups in total. The van der Waals surface area contributed by atoms with Crippen molar-refractivity contribution in [3.8, 4) is 0 Å². The number of nitro groups is 2. The number of nitrogens with zero attached hydrogens (tertiary/aromatic N) is 2. The second-order valence-electron chi connectivity index (χ2n) is 3.37. The summed E-state index contributed by atoms with van der Waals surface area (Å²) in [4.78, 5) is 18.9. The normalized spacial score (nSPS) is 14.2. The van der Waals surface area contributed by atoms with E-state index in [4.69, 9.17) is 4.74 Å². The lowest BCUT2D eigenvalue weighted by molar-refractivity contribution is -0.422. The summed E-state index contributed by atoms with van der Waals surface area (Å²) in [7, 11) is 0. The summed E-state index contributed by atoms with van der Waals surface area (Å²) in [5, 5.41) is 23.6. The molecule has 1 saturated heterocycles. The first-order chi connectivity index (χ1) is 8.63. The summed E-state index contributed by atoms with van der Waals surface area (Å²) in [5.41, 5.74) is -0.968. The van der Waals surface area contributed by atoms with E-state index < -0.39 is 21.2 Å². The maximum absolute atomic E-state index is 10.2. The average Bonchev–Trinajstić information content (AvgIpc) is 2.41. The molecule has 2 rings (SSSR count). The van der Waals surface area contributed by atoms with Crippen LogP contribution in [0.5, 0.6) is 0 Å². The van der Waals surface area contributed by atoms with Crippen molar-refractivity contribution in [3.63, 3.8) is 0 Å². The number of nitrogens with one attached hydrogen (secondary N) is 1. The number of hydrogen-bond acceptors (Lipinski definition) is 6. The molecule has 0 unspecified atom stereocenters. The first-order valence-corrected chi connectivity index (χ1v) is 5.29. The van der Waals surface area contributed by atoms with Crippen molar-refractivity contribution in [2.24, 2.45) is 0 Å². The van der Waals surface area contributed by atoms with Crippen LogP contribution >= 0.6 is 0 Å². The zero-order valence-electron chi connectivity index (χ0n) is 9.57. The maximum Gasteiger partial charge on any atom is 0.346 e. The molecule has 1 aromatic carbocycles. The molecule has 0 atom stereocenters. The topological polar surface area (TPSA) is 108 Å². The number of benzene rings is 1. The van der Waals surface area contributed by atoms with Crippen LogP contribution in [0.25, 0.3) is 0 Å². The van der Waals surface area contributed by atoms with E-state index in [1.807, 2.05) is 0 Å². The number of nitro benzene ring substituents is 2. The Labute approximate surface area is 103 Å². The number of ether oxygens (including phenoxy) is 1. The van der Waals surface area contributed by atoms with Crippen molar-refractivity contribution in [1.82, 2.24) is 5.32 Å². The van der Waals surface area contributed by atoms with Gasteiger partial charge >= 0.3 is 11.4 Å². The van der Waals surface area contributed by atoms with Gasteiger partial charge in [0.25, 0.3) is 0 Å². The van der Waals surface area contributed by atoms with Gasteiger partial charge in [-0.3, -0.25) is 20.2 Å². The highest BCUT2D eigenvalue weighted by Gasteiger charge is 2.21. The fraction of sp³-hybridized carbons (Fsp3) is 0.400. The Morgan fingerprint density at radius 1 is 1.00 bits per heavy atom. The molecule has 0 aliphatic carbocycles. The maximum atomic E-state index is 10.2. The predicted octanol–water partition coefficient (Wildman–Crippen LogP) is 1.11. The third-order valence-corrected chi connectivity index (χ3v) is 2.12. The van der Waals surface area contributed by atoms with Crippen LogP contribution in [0.3, 0.4) is 0 Å². The monoisotopic (exact) mass is 255 g/mol. The molecule has 8 heteroatoms. The van der Waals surface area contributed by atoms with Crippen LogP contribution in [0.15, 0.2) is 24.3 Å². The Hall–Kier alpha value is -2.06. The van der Waals surface area contributed by atoms with Crippen molar-refractivity contribution in [2.45, 2.75) is 0 Å². The summed E-state index contributed by atoms with van der Waals surface area (Å²) in [6.45, 7) is 3.83. The van der Waals surface area contributed by atoms with Crippen LogP contribution in [0.4, 0.5) is 11.4 Å². The molecule has 0 aromatic heterocycles. The number of para-hydroxylation sites is 2. The van der Waals surface area contributed by atoms with Gasteiger partial charge in [0.15, 0.2) is 0 Å². The van der Waals surface area contributed by atoms with Gasteiger partial charge in [-0.25, -0.2) is 0 Å². The number of hydrogen-bond donors (Lipinski definition) is 1. The van der Waals surface area contributed by atoms with Crippen molar-refractivity contribution < 1.29 is 14.6 Å². The minimum absolute atomic E-state index is 0.484. The summed E-state index contributed by atoms with van der Waals surface area (Å²) in [6, 6.07) is 4.95. The zero-order chi connectivity index (χ0) is 13.4. The van der Waals surface area contributed by atoms with Crippen molar-refractivity contribution in [1.29, 1.82) is 0 Å². The highest BCUT2D eigenvalue weighted by Crippen LogP contribution is 2.24. The molecular weight excluding hydrogens is 242 g/mol. The Morgan fingerprint density at radius 3 is 1.67 bits per heavy atom. The van der Waals surface area contributed by atoms with E-state index in [0.717, 1.165) is 38.4 Å². The molecule has 1 aliphatic heterocycles. The molecule has 18 heavy (non-hydrogen) atoms. The van der Waals surface area contributed by atoms with Gasteiger partial charge in [-0.2, -0.15) is 0 Å². The van der Waals surface area contributed by atoms with Gasteiger partial charge in [-0.05, 0) is 0 Å². The van der Waals surface area contributed by atoms with E-state index >= 15 is 0 Å². The van der Waals surface area contributed by atoms with Crippen molar-refractivity contribution >= 4 is 11.4 Å². The van der Waals surface area contributed by atoms with Gasteiger partial charge in [-0.1, -0.05) is 12.1 Å². The molecule has 1 fully saturated rings. The number of rotatable bonds is 2. The lowest BCUT2D eigenvalue weighted by Gasteiger charge is -2.10. The van der Waals surface area contributed by atoms with Gasteiger partial charge in [-0.15, -0.1) is 0 Å². The lowest BCUT2D eigenvalue weighted by atomic mass is 10.3. The molecule has 8 nitrogen and oxygen atoms in total. The van der Waals surface area contributed by atoms with E-state index in [0.29, 0.717) is 0 Å². The number of morpholine rings is 1. The quantitative estimate of drug-likeness (QED) is 0.626. The van der Waals surface area contributed by atoms with E-state index in [1.165, 1.54) is 12.1 Å². The van der Waals surface area contributed by atoms with Gasteiger partial charge in [0.2, 0.25) is 0 Å². The van der Waals surface area contributed by atoms with Crippen LogP contribution in [0, 0.1) is 20.2 Å². The summed E-state index contributed by atoms with van der Waals surface area (Å²) in [6.07, 6.45) is 0. The molecule has 0 bridgehead atoms. The van der Waals surface area contributed by atoms with Crippen LogP contribution in [-0.2, 0) is 4.74 Å². The standard InChI is InChI=1S/C6H4N2O4.C4H9NO/c9-7(10)5-3-1-2-4-6(5)8(11)12;1-3-6-4-2-5-1/h1-4H;5H,1-4H2. The molecule has 0 saturated carbocycles. The Kier molecular flexibility index (Phi) is 5.68. The SMILES string of the molecule is C1COCCN1.O=[N+]([O-])c1ccccc1[N+](=O)[O-]. The summed E-state index contributed by atoms with van der Waals surface area (Å²) >= 11 is 0. The van der Waals surface area contributed by atoms with E-state index in [2.05, 4.69) is 5.32 Å². The summed E-state index contributed by atoms with van der Waals surface area (Å²) < 4.78 is 5.01. The minimum atomic E-state index is -0.780. The zero-order valence-corrected chi connectivity index (χ0v) is 9.57. The van der Waals surface area contributed by atoms with E-state index in [-0.39, 0.29) is 0 Å². The first-order valence-electron chi connectivity index (χ1n) is 5.29. The van der Waals surface area contributed by atoms with E-state index in [9.17, 15) is 20.2 Å². The van der Waals surface area contributed by atoms with Crippen LogP contribution in [0.2, 0.25) is 0 Å². The van der Waals surface area contributed by atoms with Crippen molar-refractivity contribution in [3.05, 3.63) is 44.5 Å². The molecule has 1 aliphatic rings.